The molecular weight excluding hydrogens is 238 g/mol. The molecule has 2 aromatic rings. The summed E-state index contributed by atoms with van der Waals surface area (Å²) in [6.07, 6.45) is 0. The maximum atomic E-state index is 11.8. The molecule has 0 atom stereocenters. The number of aromatic nitrogens is 3. The number of aryl methyl sites for hydroxylation is 1. The molecule has 0 saturated carbocycles. The second-order valence-corrected chi connectivity index (χ2v) is 3.55. The van der Waals surface area contributed by atoms with Gasteiger partial charge in [0.05, 0.1) is 25.3 Å². The molecule has 0 saturated heterocycles. The first-order valence-corrected chi connectivity index (χ1v) is 5.09. The third-order valence-corrected chi connectivity index (χ3v) is 2.58. The van der Waals surface area contributed by atoms with E-state index < -0.39 is 11.9 Å². The van der Waals surface area contributed by atoms with Crippen LogP contribution >= 0.6 is 0 Å². The van der Waals surface area contributed by atoms with Gasteiger partial charge in [0.15, 0.2) is 0 Å². The van der Waals surface area contributed by atoms with Crippen LogP contribution in [-0.4, -0.2) is 41.2 Å². The predicted molar refractivity (Wildman–Crippen MR) is 61.2 cm³/mol. The highest BCUT2D eigenvalue weighted by molar-refractivity contribution is 6.11. The largest absolute Gasteiger partial charge is 0.465 e. The van der Waals surface area contributed by atoms with Crippen LogP contribution in [0.1, 0.15) is 20.7 Å². The smallest absolute Gasteiger partial charge is 0.341 e. The van der Waals surface area contributed by atoms with Gasteiger partial charge in [-0.15, -0.1) is 5.10 Å². The van der Waals surface area contributed by atoms with Crippen molar-refractivity contribution in [2.45, 2.75) is 0 Å². The Morgan fingerprint density at radius 1 is 1.17 bits per heavy atom. The Kier molecular flexibility index (Phi) is 2.97. The number of carbonyl (C=O) groups excluding carboxylic acids is 2. The van der Waals surface area contributed by atoms with Gasteiger partial charge in [-0.1, -0.05) is 5.21 Å². The van der Waals surface area contributed by atoms with E-state index in [1.165, 1.54) is 25.0 Å². The van der Waals surface area contributed by atoms with Crippen molar-refractivity contribution >= 4 is 23.0 Å². The van der Waals surface area contributed by atoms with E-state index in [0.29, 0.717) is 11.0 Å². The zero-order valence-corrected chi connectivity index (χ0v) is 10.1. The molecule has 1 aromatic carbocycles. The van der Waals surface area contributed by atoms with Crippen LogP contribution < -0.4 is 0 Å². The Balaban J connectivity index is 2.79. The molecule has 0 bridgehead atoms. The summed E-state index contributed by atoms with van der Waals surface area (Å²) in [5, 5.41) is 7.68. The van der Waals surface area contributed by atoms with Crippen molar-refractivity contribution in [3.63, 3.8) is 0 Å². The lowest BCUT2D eigenvalue weighted by molar-refractivity contribution is 0.0557. The minimum atomic E-state index is -0.651. The van der Waals surface area contributed by atoms with E-state index in [0.717, 1.165) is 0 Å². The molecule has 1 heterocycles. The Bertz CT molecular complexity index is 632. The van der Waals surface area contributed by atoms with Crippen LogP contribution in [0.5, 0.6) is 0 Å². The van der Waals surface area contributed by atoms with Gasteiger partial charge in [0, 0.05) is 7.05 Å². The third-order valence-electron chi connectivity index (χ3n) is 2.58. The predicted octanol–water partition coefficient (Wildman–Crippen LogP) is 0.541. The van der Waals surface area contributed by atoms with Crippen LogP contribution in [-0.2, 0) is 16.5 Å². The van der Waals surface area contributed by atoms with Crippen LogP contribution in [0.25, 0.3) is 11.0 Å². The van der Waals surface area contributed by atoms with E-state index in [2.05, 4.69) is 19.8 Å². The van der Waals surface area contributed by atoms with Crippen LogP contribution in [0.2, 0.25) is 0 Å². The summed E-state index contributed by atoms with van der Waals surface area (Å²) in [6, 6.07) is 3.14. The molecule has 0 radical (unpaired) electrons. The number of benzene rings is 1. The Morgan fingerprint density at radius 3 is 2.44 bits per heavy atom. The molecule has 0 amide bonds. The molecule has 0 fully saturated rings. The van der Waals surface area contributed by atoms with E-state index >= 15 is 0 Å². The first-order valence-electron chi connectivity index (χ1n) is 5.09. The number of esters is 2. The minimum Gasteiger partial charge on any atom is -0.465 e. The summed E-state index contributed by atoms with van der Waals surface area (Å²) >= 11 is 0. The van der Waals surface area contributed by atoms with Crippen LogP contribution in [0.4, 0.5) is 0 Å². The van der Waals surface area contributed by atoms with Gasteiger partial charge >= 0.3 is 11.9 Å². The van der Waals surface area contributed by atoms with Crippen LogP contribution in [0, 0.1) is 0 Å². The molecule has 7 nitrogen and oxygen atoms in total. The van der Waals surface area contributed by atoms with Crippen molar-refractivity contribution in [2.24, 2.45) is 7.05 Å². The third kappa shape index (κ3) is 1.69. The lowest BCUT2D eigenvalue weighted by atomic mass is 10.1. The number of hydrogen-bond acceptors (Lipinski definition) is 6. The van der Waals surface area contributed by atoms with E-state index in [-0.39, 0.29) is 11.1 Å². The lowest BCUT2D eigenvalue weighted by Gasteiger charge is -2.06. The van der Waals surface area contributed by atoms with Gasteiger partial charge in [0.1, 0.15) is 11.1 Å². The fourth-order valence-corrected chi connectivity index (χ4v) is 1.69. The zero-order chi connectivity index (χ0) is 13.3. The first kappa shape index (κ1) is 12.0. The summed E-state index contributed by atoms with van der Waals surface area (Å²) in [5.74, 6) is -1.27. The second-order valence-electron chi connectivity index (χ2n) is 3.55. The number of rotatable bonds is 2. The van der Waals surface area contributed by atoms with Gasteiger partial charge in [-0.2, -0.15) is 0 Å². The van der Waals surface area contributed by atoms with Crippen molar-refractivity contribution in [2.75, 3.05) is 14.2 Å². The lowest BCUT2D eigenvalue weighted by Crippen LogP contribution is -2.12. The minimum absolute atomic E-state index is 0.0648. The summed E-state index contributed by atoms with van der Waals surface area (Å²) in [5.41, 5.74) is 1.11. The molecule has 0 aliphatic rings. The number of nitrogens with zero attached hydrogens (tertiary/aromatic N) is 3. The van der Waals surface area contributed by atoms with Crippen molar-refractivity contribution in [1.82, 2.24) is 15.0 Å². The maximum Gasteiger partial charge on any atom is 0.341 e. The van der Waals surface area contributed by atoms with E-state index in [1.54, 1.807) is 13.1 Å². The number of carbonyl (C=O) groups is 2. The highest BCUT2D eigenvalue weighted by Crippen LogP contribution is 2.21. The molecule has 18 heavy (non-hydrogen) atoms. The maximum absolute atomic E-state index is 11.8. The van der Waals surface area contributed by atoms with E-state index in [1.807, 2.05) is 0 Å². The summed E-state index contributed by atoms with van der Waals surface area (Å²) in [6.45, 7) is 0. The molecule has 0 N–H and O–H groups in total. The first-order chi connectivity index (χ1) is 8.60. The van der Waals surface area contributed by atoms with Gasteiger partial charge in [0.2, 0.25) is 0 Å². The quantitative estimate of drug-likeness (QED) is 0.722. The highest BCUT2D eigenvalue weighted by atomic mass is 16.5. The second kappa shape index (κ2) is 4.44. The highest BCUT2D eigenvalue weighted by Gasteiger charge is 2.23. The van der Waals surface area contributed by atoms with Gasteiger partial charge < -0.3 is 9.47 Å². The monoisotopic (exact) mass is 249 g/mol. The summed E-state index contributed by atoms with van der Waals surface area (Å²) in [4.78, 5) is 23.4. The Labute approximate surface area is 102 Å². The Hall–Kier alpha value is -2.44. The number of fused-ring (bicyclic) bond motifs is 1. The van der Waals surface area contributed by atoms with Gasteiger partial charge in [-0.3, -0.25) is 0 Å². The fraction of sp³-hybridized carbons (Fsp3) is 0.273. The molecule has 0 spiro atoms. The number of hydrogen-bond donors (Lipinski definition) is 0. The average Bonchev–Trinajstić information content (AvgIpc) is 2.77. The molecule has 0 unspecified atom stereocenters. The van der Waals surface area contributed by atoms with Gasteiger partial charge in [-0.05, 0) is 12.1 Å². The van der Waals surface area contributed by atoms with Crippen molar-refractivity contribution in [1.29, 1.82) is 0 Å². The van der Waals surface area contributed by atoms with Gasteiger partial charge in [-0.25, -0.2) is 14.3 Å². The number of ether oxygens (including phenoxy) is 2. The fourth-order valence-electron chi connectivity index (χ4n) is 1.69. The molecule has 1 aromatic heterocycles. The van der Waals surface area contributed by atoms with Crippen LogP contribution in [0.3, 0.4) is 0 Å². The van der Waals surface area contributed by atoms with Crippen LogP contribution in [0.15, 0.2) is 12.1 Å². The van der Waals surface area contributed by atoms with Crippen molar-refractivity contribution < 1.29 is 19.1 Å². The number of methoxy groups -OCH3 is 2. The van der Waals surface area contributed by atoms with E-state index in [9.17, 15) is 9.59 Å². The molecule has 0 aliphatic carbocycles. The average molecular weight is 249 g/mol. The Morgan fingerprint density at radius 2 is 1.83 bits per heavy atom. The topological polar surface area (TPSA) is 83.3 Å². The molecule has 2 rings (SSSR count). The summed E-state index contributed by atoms with van der Waals surface area (Å²) in [7, 11) is 4.16. The standard InChI is InChI=1S/C11H11N3O4/c1-14-7-5-4-6(10(15)17-2)8(11(16)18-3)9(7)12-13-14/h4-5H,1-3H3. The molecule has 94 valence electrons. The molecular formula is C11H11N3O4. The zero-order valence-electron chi connectivity index (χ0n) is 10.1. The van der Waals surface area contributed by atoms with E-state index in [4.69, 9.17) is 0 Å². The normalized spacial score (nSPS) is 10.4. The summed E-state index contributed by atoms with van der Waals surface area (Å²) < 4.78 is 10.8. The SMILES string of the molecule is COC(=O)c1ccc2c(nnn2C)c1C(=O)OC. The van der Waals surface area contributed by atoms with Crippen molar-refractivity contribution in [3.8, 4) is 0 Å². The van der Waals surface area contributed by atoms with Gasteiger partial charge in [0.25, 0.3) is 0 Å². The molecule has 7 heteroatoms. The van der Waals surface area contributed by atoms with Crippen molar-refractivity contribution in [3.05, 3.63) is 23.3 Å². The molecule has 0 aliphatic heterocycles.